The van der Waals surface area contributed by atoms with Crippen LogP contribution in [0.3, 0.4) is 0 Å². The number of pyridine rings is 1. The number of aromatic nitrogens is 1. The maximum Gasteiger partial charge on any atom is 0.240 e. The van der Waals surface area contributed by atoms with E-state index in [2.05, 4.69) is 17.1 Å². The Morgan fingerprint density at radius 2 is 1.89 bits per heavy atom. The van der Waals surface area contributed by atoms with Gasteiger partial charge in [0.25, 0.3) is 0 Å². The molecule has 0 saturated heterocycles. The average Bonchev–Trinajstić information content (AvgIpc) is 2.46. The number of aryl methyl sites for hydroxylation is 1. The van der Waals surface area contributed by atoms with Crippen LogP contribution in [0.25, 0.3) is 0 Å². The van der Waals surface area contributed by atoms with Gasteiger partial charge in [0.15, 0.2) is 0 Å². The van der Waals surface area contributed by atoms with Gasteiger partial charge in [-0.25, -0.2) is 0 Å². The second-order valence-corrected chi connectivity index (χ2v) is 4.19. The van der Waals surface area contributed by atoms with Gasteiger partial charge in [0.2, 0.25) is 11.8 Å². The van der Waals surface area contributed by atoms with Crippen LogP contribution in [-0.4, -0.2) is 18.7 Å². The van der Waals surface area contributed by atoms with Crippen LogP contribution in [-0.2, 0) is 6.42 Å². The van der Waals surface area contributed by atoms with Gasteiger partial charge >= 0.3 is 0 Å². The fraction of sp³-hybridized carbons (Fsp3) is 0.267. The minimum atomic E-state index is 0.437. The summed E-state index contributed by atoms with van der Waals surface area (Å²) in [6, 6.07) is 13.8. The summed E-state index contributed by atoms with van der Waals surface area (Å²) >= 11 is 0. The number of nitrogens with zero attached hydrogens (tertiary/aromatic N) is 1. The lowest BCUT2D eigenvalue weighted by atomic mass is 10.1. The van der Waals surface area contributed by atoms with E-state index in [4.69, 9.17) is 15.2 Å². The Labute approximate surface area is 113 Å². The average molecular weight is 258 g/mol. The highest BCUT2D eigenvalue weighted by atomic mass is 16.5. The summed E-state index contributed by atoms with van der Waals surface area (Å²) in [6.45, 7) is 0.583. The molecule has 0 unspecified atom stereocenters. The van der Waals surface area contributed by atoms with Gasteiger partial charge in [0, 0.05) is 6.07 Å². The molecular formula is C15H18N2O2. The molecule has 19 heavy (non-hydrogen) atoms. The second-order valence-electron chi connectivity index (χ2n) is 4.19. The van der Waals surface area contributed by atoms with Crippen LogP contribution in [0.4, 0.5) is 5.69 Å². The molecule has 1 aromatic heterocycles. The highest BCUT2D eigenvalue weighted by Crippen LogP contribution is 2.22. The highest BCUT2D eigenvalue weighted by molar-refractivity contribution is 5.49. The quantitative estimate of drug-likeness (QED) is 0.809. The molecule has 0 fully saturated rings. The van der Waals surface area contributed by atoms with E-state index in [-0.39, 0.29) is 0 Å². The van der Waals surface area contributed by atoms with Crippen molar-refractivity contribution in [3.05, 3.63) is 48.0 Å². The highest BCUT2D eigenvalue weighted by Gasteiger charge is 2.04. The van der Waals surface area contributed by atoms with Gasteiger partial charge in [0.1, 0.15) is 0 Å². The maximum atomic E-state index is 5.79. The summed E-state index contributed by atoms with van der Waals surface area (Å²) in [5, 5.41) is 0. The molecule has 0 amide bonds. The minimum absolute atomic E-state index is 0.437. The van der Waals surface area contributed by atoms with Crippen LogP contribution in [0.1, 0.15) is 12.0 Å². The smallest absolute Gasteiger partial charge is 0.240 e. The van der Waals surface area contributed by atoms with Gasteiger partial charge in [-0.15, -0.1) is 0 Å². The molecule has 2 N–H and O–H groups in total. The zero-order valence-corrected chi connectivity index (χ0v) is 11.0. The van der Waals surface area contributed by atoms with Gasteiger partial charge in [-0.1, -0.05) is 30.3 Å². The molecule has 4 heteroatoms. The molecule has 1 aromatic carbocycles. The third-order valence-corrected chi connectivity index (χ3v) is 2.76. The first-order valence-corrected chi connectivity index (χ1v) is 6.27. The van der Waals surface area contributed by atoms with Gasteiger partial charge in [-0.2, -0.15) is 4.98 Å². The van der Waals surface area contributed by atoms with E-state index in [0.29, 0.717) is 24.1 Å². The number of rotatable bonds is 6. The van der Waals surface area contributed by atoms with Crippen LogP contribution in [0.15, 0.2) is 42.5 Å². The summed E-state index contributed by atoms with van der Waals surface area (Å²) in [5.41, 5.74) is 7.63. The molecule has 0 spiro atoms. The van der Waals surface area contributed by atoms with E-state index in [0.717, 1.165) is 12.8 Å². The Morgan fingerprint density at radius 3 is 2.63 bits per heavy atom. The lowest BCUT2D eigenvalue weighted by Crippen LogP contribution is -2.04. The van der Waals surface area contributed by atoms with Gasteiger partial charge < -0.3 is 15.2 Å². The number of anilines is 1. The number of benzene rings is 1. The molecule has 0 radical (unpaired) electrons. The Kier molecular flexibility index (Phi) is 4.61. The molecule has 0 aliphatic heterocycles. The third kappa shape index (κ3) is 3.88. The Morgan fingerprint density at radius 1 is 1.11 bits per heavy atom. The zero-order chi connectivity index (χ0) is 13.5. The SMILES string of the molecule is COc1ccc(N)c(OCCCc2ccccc2)n1. The van der Waals surface area contributed by atoms with Crippen LogP contribution in [0, 0.1) is 0 Å². The predicted octanol–water partition coefficient (Wildman–Crippen LogP) is 2.68. The molecule has 0 bridgehead atoms. The van der Waals surface area contributed by atoms with Crippen molar-refractivity contribution in [3.8, 4) is 11.8 Å². The van der Waals surface area contributed by atoms with E-state index in [1.165, 1.54) is 5.56 Å². The van der Waals surface area contributed by atoms with Crippen molar-refractivity contribution >= 4 is 5.69 Å². The predicted molar refractivity (Wildman–Crippen MR) is 75.5 cm³/mol. The molecule has 4 nitrogen and oxygen atoms in total. The maximum absolute atomic E-state index is 5.79. The number of hydrogen-bond acceptors (Lipinski definition) is 4. The third-order valence-electron chi connectivity index (χ3n) is 2.76. The summed E-state index contributed by atoms with van der Waals surface area (Å²) in [5.74, 6) is 0.944. The molecule has 1 heterocycles. The molecule has 0 aliphatic rings. The number of nitrogen functional groups attached to an aromatic ring is 1. The molecule has 100 valence electrons. The summed E-state index contributed by atoms with van der Waals surface area (Å²) in [6.07, 6.45) is 1.90. The number of hydrogen-bond donors (Lipinski definition) is 1. The van der Waals surface area contributed by atoms with Crippen molar-refractivity contribution in [1.29, 1.82) is 0 Å². The molecular weight excluding hydrogens is 240 g/mol. The van der Waals surface area contributed by atoms with Crippen molar-refractivity contribution in [3.63, 3.8) is 0 Å². The van der Waals surface area contributed by atoms with E-state index in [9.17, 15) is 0 Å². The van der Waals surface area contributed by atoms with E-state index >= 15 is 0 Å². The minimum Gasteiger partial charge on any atom is -0.481 e. The topological polar surface area (TPSA) is 57.4 Å². The van der Waals surface area contributed by atoms with Crippen molar-refractivity contribution in [2.45, 2.75) is 12.8 Å². The van der Waals surface area contributed by atoms with Gasteiger partial charge in [-0.3, -0.25) is 0 Å². The fourth-order valence-corrected chi connectivity index (χ4v) is 1.75. The van der Waals surface area contributed by atoms with Gasteiger partial charge in [0.05, 0.1) is 19.4 Å². The van der Waals surface area contributed by atoms with Crippen LogP contribution < -0.4 is 15.2 Å². The summed E-state index contributed by atoms with van der Waals surface area (Å²) < 4.78 is 10.6. The number of nitrogens with two attached hydrogens (primary N) is 1. The number of methoxy groups -OCH3 is 1. The van der Waals surface area contributed by atoms with E-state index in [1.807, 2.05) is 18.2 Å². The molecule has 2 rings (SSSR count). The van der Waals surface area contributed by atoms with Gasteiger partial charge in [-0.05, 0) is 24.5 Å². The first-order chi connectivity index (χ1) is 9.29. The van der Waals surface area contributed by atoms with Crippen molar-refractivity contribution in [2.75, 3.05) is 19.5 Å². The zero-order valence-electron chi connectivity index (χ0n) is 11.0. The lowest BCUT2D eigenvalue weighted by molar-refractivity contribution is 0.294. The molecule has 0 aliphatic carbocycles. The normalized spacial score (nSPS) is 10.2. The molecule has 0 atom stereocenters. The first-order valence-electron chi connectivity index (χ1n) is 6.27. The lowest BCUT2D eigenvalue weighted by Gasteiger charge is -2.09. The Hall–Kier alpha value is -2.23. The van der Waals surface area contributed by atoms with E-state index in [1.54, 1.807) is 19.2 Å². The first kappa shape index (κ1) is 13.2. The van der Waals surface area contributed by atoms with Crippen LogP contribution in [0.5, 0.6) is 11.8 Å². The van der Waals surface area contributed by atoms with Crippen molar-refractivity contribution in [1.82, 2.24) is 4.98 Å². The second kappa shape index (κ2) is 6.64. The van der Waals surface area contributed by atoms with Crippen molar-refractivity contribution < 1.29 is 9.47 Å². The monoisotopic (exact) mass is 258 g/mol. The number of ether oxygens (including phenoxy) is 2. The van der Waals surface area contributed by atoms with Crippen LogP contribution >= 0.6 is 0 Å². The Bertz CT molecular complexity index is 515. The summed E-state index contributed by atoms with van der Waals surface area (Å²) in [7, 11) is 1.57. The molecule has 0 saturated carbocycles. The van der Waals surface area contributed by atoms with Crippen LogP contribution in [0.2, 0.25) is 0 Å². The fourth-order valence-electron chi connectivity index (χ4n) is 1.75. The van der Waals surface area contributed by atoms with Crippen molar-refractivity contribution in [2.24, 2.45) is 0 Å². The Balaban J connectivity index is 1.82. The molecule has 2 aromatic rings. The standard InChI is InChI=1S/C15H18N2O2/c1-18-14-10-9-13(16)15(17-14)19-11-5-8-12-6-3-2-4-7-12/h2-4,6-7,9-10H,5,8,11,16H2,1H3. The summed E-state index contributed by atoms with van der Waals surface area (Å²) in [4.78, 5) is 4.17. The largest absolute Gasteiger partial charge is 0.481 e. The van der Waals surface area contributed by atoms with E-state index < -0.39 is 0 Å².